The molecule has 27 heavy (non-hydrogen) atoms. The molecule has 8 heteroatoms. The predicted octanol–water partition coefficient (Wildman–Crippen LogP) is 4.39. The monoisotopic (exact) mass is 400 g/mol. The Bertz CT molecular complexity index is 929. The molecule has 1 aliphatic heterocycles. The summed E-state index contributed by atoms with van der Waals surface area (Å²) in [5.41, 5.74) is 1.31. The zero-order valence-electron chi connectivity index (χ0n) is 14.5. The Morgan fingerprint density at radius 1 is 1.26 bits per heavy atom. The Kier molecular flexibility index (Phi) is 5.88. The van der Waals surface area contributed by atoms with Crippen LogP contribution < -0.4 is 4.74 Å². The van der Waals surface area contributed by atoms with Gasteiger partial charge in [0.15, 0.2) is 5.75 Å². The van der Waals surface area contributed by atoms with Gasteiger partial charge >= 0.3 is 5.69 Å². The number of hydrogen-bond acceptors (Lipinski definition) is 6. The summed E-state index contributed by atoms with van der Waals surface area (Å²) in [6, 6.07) is 14.1. The molecule has 0 aromatic heterocycles. The van der Waals surface area contributed by atoms with Gasteiger partial charge in [-0.1, -0.05) is 60.4 Å². The van der Waals surface area contributed by atoms with Crippen molar-refractivity contribution in [3.05, 3.63) is 74.7 Å². The van der Waals surface area contributed by atoms with Crippen LogP contribution in [0, 0.1) is 10.1 Å². The highest BCUT2D eigenvalue weighted by molar-refractivity contribution is 8.26. The molecule has 1 amide bonds. The van der Waals surface area contributed by atoms with E-state index in [1.54, 1.807) is 18.2 Å². The molecule has 0 N–H and O–H groups in total. The SMILES string of the molecule is CCN1C(=O)/C(=C/c2ccc(OCc3ccccc3)c([N+](=O)[O-])c2)SC1=S. The van der Waals surface area contributed by atoms with Crippen LogP contribution in [0.3, 0.4) is 0 Å². The Hall–Kier alpha value is -2.71. The van der Waals surface area contributed by atoms with Crippen LogP contribution in [0.5, 0.6) is 5.75 Å². The van der Waals surface area contributed by atoms with Gasteiger partial charge in [0.1, 0.15) is 10.9 Å². The molecule has 6 nitrogen and oxygen atoms in total. The summed E-state index contributed by atoms with van der Waals surface area (Å²) in [6.07, 6.45) is 1.61. The molecule has 2 aromatic rings. The van der Waals surface area contributed by atoms with Crippen LogP contribution in [-0.2, 0) is 11.4 Å². The molecule has 1 aliphatic rings. The third kappa shape index (κ3) is 4.35. The number of thioether (sulfide) groups is 1. The molecule has 0 aliphatic carbocycles. The molecule has 1 saturated heterocycles. The minimum atomic E-state index is -0.491. The lowest BCUT2D eigenvalue weighted by Gasteiger charge is -2.09. The number of amides is 1. The summed E-state index contributed by atoms with van der Waals surface area (Å²) in [5, 5.41) is 11.4. The first-order chi connectivity index (χ1) is 13.0. The molecule has 3 rings (SSSR count). The number of benzene rings is 2. The van der Waals surface area contributed by atoms with Gasteiger partial charge in [0, 0.05) is 12.6 Å². The van der Waals surface area contributed by atoms with Crippen molar-refractivity contribution in [2.24, 2.45) is 0 Å². The number of nitro benzene ring substituents is 1. The molecule has 1 fully saturated rings. The van der Waals surface area contributed by atoms with Crippen molar-refractivity contribution in [3.8, 4) is 5.75 Å². The van der Waals surface area contributed by atoms with Crippen molar-refractivity contribution >= 4 is 46.0 Å². The molecular formula is C19H16N2O4S2. The van der Waals surface area contributed by atoms with Gasteiger partial charge < -0.3 is 4.74 Å². The minimum absolute atomic E-state index is 0.148. The van der Waals surface area contributed by atoms with E-state index in [2.05, 4.69) is 0 Å². The number of thiocarbonyl (C=S) groups is 1. The van der Waals surface area contributed by atoms with Crippen molar-refractivity contribution in [2.45, 2.75) is 13.5 Å². The van der Waals surface area contributed by atoms with E-state index in [-0.39, 0.29) is 24.0 Å². The van der Waals surface area contributed by atoms with E-state index in [0.717, 1.165) is 5.56 Å². The fraction of sp³-hybridized carbons (Fsp3) is 0.158. The fourth-order valence-electron chi connectivity index (χ4n) is 2.55. The number of nitrogens with zero attached hydrogens (tertiary/aromatic N) is 2. The molecule has 1 heterocycles. The van der Waals surface area contributed by atoms with Crippen LogP contribution in [0.1, 0.15) is 18.1 Å². The van der Waals surface area contributed by atoms with E-state index in [4.69, 9.17) is 17.0 Å². The maximum Gasteiger partial charge on any atom is 0.311 e. The number of carbonyl (C=O) groups is 1. The summed E-state index contributed by atoms with van der Waals surface area (Å²) >= 11 is 6.37. The van der Waals surface area contributed by atoms with Crippen molar-refractivity contribution in [3.63, 3.8) is 0 Å². The molecule has 2 aromatic carbocycles. The number of carbonyl (C=O) groups excluding carboxylic acids is 1. The van der Waals surface area contributed by atoms with E-state index < -0.39 is 4.92 Å². The van der Waals surface area contributed by atoms with Gasteiger partial charge in [0.05, 0.1) is 9.83 Å². The average Bonchev–Trinajstić information content (AvgIpc) is 2.94. The van der Waals surface area contributed by atoms with Crippen LogP contribution in [-0.4, -0.2) is 26.6 Å². The zero-order chi connectivity index (χ0) is 19.4. The predicted molar refractivity (Wildman–Crippen MR) is 109 cm³/mol. The second kappa shape index (κ2) is 8.32. The second-order valence-electron chi connectivity index (χ2n) is 5.68. The molecule has 0 spiro atoms. The highest BCUT2D eigenvalue weighted by atomic mass is 32.2. The molecule has 0 atom stereocenters. The average molecular weight is 400 g/mol. The van der Waals surface area contributed by atoms with Crippen molar-refractivity contribution < 1.29 is 14.5 Å². The minimum Gasteiger partial charge on any atom is -0.482 e. The first kappa shape index (κ1) is 19.1. The smallest absolute Gasteiger partial charge is 0.311 e. The van der Waals surface area contributed by atoms with Crippen molar-refractivity contribution in [1.29, 1.82) is 0 Å². The molecule has 0 radical (unpaired) electrons. The van der Waals surface area contributed by atoms with E-state index in [1.807, 2.05) is 37.3 Å². The lowest BCUT2D eigenvalue weighted by Crippen LogP contribution is -2.27. The summed E-state index contributed by atoms with van der Waals surface area (Å²) in [4.78, 5) is 25.2. The quantitative estimate of drug-likeness (QED) is 0.310. The van der Waals surface area contributed by atoms with Gasteiger partial charge in [-0.15, -0.1) is 0 Å². The summed E-state index contributed by atoms with van der Waals surface area (Å²) in [6.45, 7) is 2.57. The third-order valence-electron chi connectivity index (χ3n) is 3.90. The number of rotatable bonds is 6. The van der Waals surface area contributed by atoms with E-state index in [9.17, 15) is 14.9 Å². The van der Waals surface area contributed by atoms with Crippen LogP contribution in [0.2, 0.25) is 0 Å². The summed E-state index contributed by atoms with van der Waals surface area (Å²) in [7, 11) is 0. The second-order valence-corrected chi connectivity index (χ2v) is 7.36. The van der Waals surface area contributed by atoms with Gasteiger partial charge in [0.2, 0.25) is 0 Å². The summed E-state index contributed by atoms with van der Waals surface area (Å²) < 4.78 is 6.11. The van der Waals surface area contributed by atoms with Crippen LogP contribution in [0.15, 0.2) is 53.4 Å². The maximum absolute atomic E-state index is 12.3. The highest BCUT2D eigenvalue weighted by Crippen LogP contribution is 2.34. The Morgan fingerprint density at radius 3 is 2.63 bits per heavy atom. The first-order valence-corrected chi connectivity index (χ1v) is 9.42. The lowest BCUT2D eigenvalue weighted by molar-refractivity contribution is -0.386. The third-order valence-corrected chi connectivity index (χ3v) is 5.28. The topological polar surface area (TPSA) is 72.7 Å². The molecule has 0 bridgehead atoms. The molecular weight excluding hydrogens is 384 g/mol. The van der Waals surface area contributed by atoms with Gasteiger partial charge in [0.25, 0.3) is 5.91 Å². The number of ether oxygens (including phenoxy) is 1. The summed E-state index contributed by atoms with van der Waals surface area (Å²) in [5.74, 6) is 0.00154. The molecule has 138 valence electrons. The number of nitro groups is 1. The van der Waals surface area contributed by atoms with Gasteiger partial charge in [-0.3, -0.25) is 19.8 Å². The normalized spacial score (nSPS) is 15.4. The Balaban J connectivity index is 1.84. The highest BCUT2D eigenvalue weighted by Gasteiger charge is 2.30. The molecule has 0 saturated carbocycles. The van der Waals surface area contributed by atoms with Crippen LogP contribution >= 0.6 is 24.0 Å². The van der Waals surface area contributed by atoms with E-state index >= 15 is 0 Å². The lowest BCUT2D eigenvalue weighted by atomic mass is 10.1. The van der Waals surface area contributed by atoms with Crippen LogP contribution in [0.25, 0.3) is 6.08 Å². The fourth-order valence-corrected chi connectivity index (χ4v) is 3.93. The van der Waals surface area contributed by atoms with Crippen molar-refractivity contribution in [1.82, 2.24) is 4.90 Å². The number of likely N-dealkylation sites (N-methyl/N-ethyl adjacent to an activating group) is 1. The van der Waals surface area contributed by atoms with E-state index in [0.29, 0.717) is 21.3 Å². The Morgan fingerprint density at radius 2 is 2.00 bits per heavy atom. The van der Waals surface area contributed by atoms with Gasteiger partial charge in [-0.25, -0.2) is 0 Å². The van der Waals surface area contributed by atoms with Gasteiger partial charge in [-0.2, -0.15) is 0 Å². The Labute approximate surface area is 166 Å². The zero-order valence-corrected chi connectivity index (χ0v) is 16.1. The van der Waals surface area contributed by atoms with Gasteiger partial charge in [-0.05, 0) is 30.2 Å². The largest absolute Gasteiger partial charge is 0.482 e. The first-order valence-electron chi connectivity index (χ1n) is 8.20. The van der Waals surface area contributed by atoms with E-state index in [1.165, 1.54) is 22.7 Å². The van der Waals surface area contributed by atoms with Crippen LogP contribution in [0.4, 0.5) is 5.69 Å². The standard InChI is InChI=1S/C19H16N2O4S2/c1-2-20-18(22)17(27-19(20)26)11-14-8-9-16(15(10-14)21(23)24)25-12-13-6-4-3-5-7-13/h3-11H,2,12H2,1H3/b17-11-. The maximum atomic E-state index is 12.3. The van der Waals surface area contributed by atoms with Crippen molar-refractivity contribution in [2.75, 3.05) is 6.54 Å². The molecule has 0 unspecified atom stereocenters. The number of hydrogen-bond donors (Lipinski definition) is 0.